The molecule has 0 aliphatic carbocycles. The van der Waals surface area contributed by atoms with Crippen LogP contribution < -0.4 is 4.74 Å². The molecule has 2 atom stereocenters. The van der Waals surface area contributed by atoms with E-state index in [0.717, 1.165) is 18.7 Å². The molecule has 1 saturated heterocycles. The van der Waals surface area contributed by atoms with E-state index in [1.807, 2.05) is 30.3 Å². The molecule has 132 valence electrons. The number of rotatable bonds is 5. The smallest absolute Gasteiger partial charge is 0.310 e. The van der Waals surface area contributed by atoms with Crippen molar-refractivity contribution in [2.75, 3.05) is 27.3 Å². The van der Waals surface area contributed by atoms with Crippen LogP contribution in [0.3, 0.4) is 0 Å². The largest absolute Gasteiger partial charge is 0.496 e. The molecule has 1 aliphatic heterocycles. The van der Waals surface area contributed by atoms with E-state index < -0.39 is 0 Å². The van der Waals surface area contributed by atoms with Gasteiger partial charge in [0.25, 0.3) is 0 Å². The summed E-state index contributed by atoms with van der Waals surface area (Å²) in [5.41, 5.74) is 2.23. The molecule has 1 heterocycles. The third-order valence-corrected chi connectivity index (χ3v) is 4.98. The maximum atomic E-state index is 12.3. The molecule has 0 amide bonds. The molecular weight excluding hydrogens is 338 g/mol. The molecule has 25 heavy (non-hydrogen) atoms. The van der Waals surface area contributed by atoms with Crippen molar-refractivity contribution in [2.45, 2.75) is 12.5 Å². The van der Waals surface area contributed by atoms with E-state index in [1.54, 1.807) is 13.2 Å². The number of ether oxygens (including phenoxy) is 2. The summed E-state index contributed by atoms with van der Waals surface area (Å²) >= 11 is 6.08. The van der Waals surface area contributed by atoms with Gasteiger partial charge in [-0.2, -0.15) is 0 Å². The fraction of sp³-hybridized carbons (Fsp3) is 0.350. The molecule has 0 unspecified atom stereocenters. The average Bonchev–Trinajstić information content (AvgIpc) is 3.05. The number of hydrogen-bond acceptors (Lipinski definition) is 4. The van der Waals surface area contributed by atoms with Gasteiger partial charge in [0, 0.05) is 30.6 Å². The molecule has 0 saturated carbocycles. The van der Waals surface area contributed by atoms with Crippen molar-refractivity contribution in [1.82, 2.24) is 4.90 Å². The fourth-order valence-corrected chi connectivity index (χ4v) is 3.71. The van der Waals surface area contributed by atoms with Crippen molar-refractivity contribution < 1.29 is 14.3 Å². The second-order valence-corrected chi connectivity index (χ2v) is 6.74. The lowest BCUT2D eigenvalue weighted by molar-refractivity contribution is -0.145. The minimum atomic E-state index is -0.219. The van der Waals surface area contributed by atoms with Crippen LogP contribution in [0.2, 0.25) is 5.02 Å². The van der Waals surface area contributed by atoms with Crippen molar-refractivity contribution in [2.24, 2.45) is 5.92 Å². The Morgan fingerprint density at radius 1 is 1.16 bits per heavy atom. The number of likely N-dealkylation sites (tertiary alicyclic amines) is 1. The van der Waals surface area contributed by atoms with Gasteiger partial charge in [0.05, 0.1) is 20.1 Å². The normalized spacial score (nSPS) is 20.4. The summed E-state index contributed by atoms with van der Waals surface area (Å²) < 4.78 is 10.5. The summed E-state index contributed by atoms with van der Waals surface area (Å²) in [7, 11) is 3.07. The highest BCUT2D eigenvalue weighted by Crippen LogP contribution is 2.39. The maximum absolute atomic E-state index is 12.3. The topological polar surface area (TPSA) is 38.8 Å². The van der Waals surface area contributed by atoms with Crippen LogP contribution in [0.4, 0.5) is 0 Å². The third kappa shape index (κ3) is 3.97. The Balaban J connectivity index is 1.87. The Morgan fingerprint density at radius 2 is 1.92 bits per heavy atom. The first-order valence-corrected chi connectivity index (χ1v) is 8.67. The van der Waals surface area contributed by atoms with Gasteiger partial charge in [0.1, 0.15) is 5.75 Å². The van der Waals surface area contributed by atoms with Gasteiger partial charge in [0.15, 0.2) is 0 Å². The summed E-state index contributed by atoms with van der Waals surface area (Å²) in [6.07, 6.45) is 0. The molecule has 2 aromatic carbocycles. The summed E-state index contributed by atoms with van der Waals surface area (Å²) in [6.45, 7) is 2.24. The molecule has 5 heteroatoms. The Bertz CT molecular complexity index is 735. The highest BCUT2D eigenvalue weighted by atomic mass is 35.5. The second kappa shape index (κ2) is 7.89. The molecule has 0 aromatic heterocycles. The Kier molecular flexibility index (Phi) is 5.61. The quantitative estimate of drug-likeness (QED) is 0.762. The van der Waals surface area contributed by atoms with Crippen LogP contribution in [0, 0.1) is 5.92 Å². The van der Waals surface area contributed by atoms with Crippen LogP contribution in [0.25, 0.3) is 0 Å². The lowest BCUT2D eigenvalue weighted by Gasteiger charge is -2.19. The maximum Gasteiger partial charge on any atom is 0.310 e. The van der Waals surface area contributed by atoms with E-state index in [1.165, 1.54) is 12.7 Å². The molecule has 2 aromatic rings. The Labute approximate surface area is 153 Å². The highest BCUT2D eigenvalue weighted by molar-refractivity contribution is 6.30. The lowest BCUT2D eigenvalue weighted by Crippen LogP contribution is -2.24. The van der Waals surface area contributed by atoms with Crippen LogP contribution in [0.5, 0.6) is 5.75 Å². The predicted molar refractivity (Wildman–Crippen MR) is 98.0 cm³/mol. The van der Waals surface area contributed by atoms with Gasteiger partial charge in [-0.3, -0.25) is 9.69 Å². The molecule has 0 spiro atoms. The molecule has 0 bridgehead atoms. The number of hydrogen-bond donors (Lipinski definition) is 0. The molecule has 0 radical (unpaired) electrons. The minimum absolute atomic E-state index is 0.0170. The van der Waals surface area contributed by atoms with E-state index in [9.17, 15) is 4.79 Å². The van der Waals surface area contributed by atoms with Crippen LogP contribution in [-0.2, 0) is 16.1 Å². The SMILES string of the molecule is COC(=O)[C@@H]1CN(Cc2ccccc2)C[C@H]1c1ccc(Cl)cc1OC. The molecule has 0 N–H and O–H groups in total. The van der Waals surface area contributed by atoms with E-state index in [0.29, 0.717) is 17.3 Å². The summed E-state index contributed by atoms with van der Waals surface area (Å²) in [5.74, 6) is 0.331. The molecule has 1 aliphatic rings. The lowest BCUT2D eigenvalue weighted by atomic mass is 9.88. The van der Waals surface area contributed by atoms with Gasteiger partial charge in [-0.25, -0.2) is 0 Å². The number of esters is 1. The van der Waals surface area contributed by atoms with E-state index in [-0.39, 0.29) is 17.8 Å². The monoisotopic (exact) mass is 359 g/mol. The molecule has 4 nitrogen and oxygen atoms in total. The number of benzene rings is 2. The first kappa shape index (κ1) is 17.8. The van der Waals surface area contributed by atoms with Crippen molar-refractivity contribution in [3.05, 3.63) is 64.7 Å². The van der Waals surface area contributed by atoms with E-state index >= 15 is 0 Å². The standard InChI is InChI=1S/C20H22ClNO3/c1-24-19-10-15(21)8-9-16(19)17-12-22(13-18(17)20(23)25-2)11-14-6-4-3-5-7-14/h3-10,17-18H,11-13H2,1-2H3/t17-,18+/m0/s1. The Morgan fingerprint density at radius 3 is 2.60 bits per heavy atom. The summed E-state index contributed by atoms with van der Waals surface area (Å²) in [6, 6.07) is 15.9. The summed E-state index contributed by atoms with van der Waals surface area (Å²) in [4.78, 5) is 14.6. The number of methoxy groups -OCH3 is 2. The van der Waals surface area contributed by atoms with Gasteiger partial charge < -0.3 is 9.47 Å². The van der Waals surface area contributed by atoms with Gasteiger partial charge in [0.2, 0.25) is 0 Å². The van der Waals surface area contributed by atoms with E-state index in [4.69, 9.17) is 21.1 Å². The average molecular weight is 360 g/mol. The fourth-order valence-electron chi connectivity index (χ4n) is 3.55. The van der Waals surface area contributed by atoms with Crippen molar-refractivity contribution in [3.63, 3.8) is 0 Å². The zero-order chi connectivity index (χ0) is 17.8. The number of carbonyl (C=O) groups is 1. The molecule has 3 rings (SSSR count). The first-order chi connectivity index (χ1) is 12.1. The van der Waals surface area contributed by atoms with Crippen molar-refractivity contribution >= 4 is 17.6 Å². The summed E-state index contributed by atoms with van der Waals surface area (Å²) in [5, 5.41) is 0.620. The Hall–Kier alpha value is -2.04. The van der Waals surface area contributed by atoms with Crippen LogP contribution in [-0.4, -0.2) is 38.2 Å². The van der Waals surface area contributed by atoms with Gasteiger partial charge >= 0.3 is 5.97 Å². The minimum Gasteiger partial charge on any atom is -0.496 e. The molecule has 1 fully saturated rings. The van der Waals surface area contributed by atoms with Gasteiger partial charge in [-0.15, -0.1) is 0 Å². The van der Waals surface area contributed by atoms with E-state index in [2.05, 4.69) is 17.0 Å². The predicted octanol–water partition coefficient (Wildman–Crippen LogP) is 3.74. The molecular formula is C20H22ClNO3. The number of halogens is 1. The highest BCUT2D eigenvalue weighted by Gasteiger charge is 2.40. The van der Waals surface area contributed by atoms with Gasteiger partial charge in [-0.05, 0) is 23.3 Å². The number of nitrogens with zero attached hydrogens (tertiary/aromatic N) is 1. The number of carbonyl (C=O) groups excluding carboxylic acids is 1. The third-order valence-electron chi connectivity index (χ3n) is 4.74. The van der Waals surface area contributed by atoms with Crippen molar-refractivity contribution in [1.29, 1.82) is 0 Å². The zero-order valence-corrected chi connectivity index (χ0v) is 15.2. The first-order valence-electron chi connectivity index (χ1n) is 8.30. The van der Waals surface area contributed by atoms with Crippen molar-refractivity contribution in [3.8, 4) is 5.75 Å². The zero-order valence-electron chi connectivity index (χ0n) is 14.4. The van der Waals surface area contributed by atoms with Crippen LogP contribution >= 0.6 is 11.6 Å². The van der Waals surface area contributed by atoms with Crippen LogP contribution in [0.1, 0.15) is 17.0 Å². The van der Waals surface area contributed by atoms with Gasteiger partial charge in [-0.1, -0.05) is 48.0 Å². The second-order valence-electron chi connectivity index (χ2n) is 6.30. The van der Waals surface area contributed by atoms with Crippen LogP contribution in [0.15, 0.2) is 48.5 Å².